The molecule has 1 heterocycles. The van der Waals surface area contributed by atoms with Gasteiger partial charge in [0.25, 0.3) is 0 Å². The van der Waals surface area contributed by atoms with Crippen LogP contribution >= 0.6 is 0 Å². The van der Waals surface area contributed by atoms with Gasteiger partial charge in [0.15, 0.2) is 6.29 Å². The van der Waals surface area contributed by atoms with Crippen LogP contribution in [-0.4, -0.2) is 98.7 Å². The normalized spacial score (nSPS) is 22.2. The van der Waals surface area contributed by atoms with Crippen LogP contribution in [0.1, 0.15) is 206 Å². The lowest BCUT2D eigenvalue weighted by molar-refractivity contribution is -0.303. The van der Waals surface area contributed by atoms with Crippen molar-refractivity contribution < 1.29 is 44.9 Å². The summed E-state index contributed by atoms with van der Waals surface area (Å²) in [6.45, 7) is 3.59. The lowest BCUT2D eigenvalue weighted by Crippen LogP contribution is -2.60. The molecule has 0 spiro atoms. The molecule has 0 saturated carbocycles. The summed E-state index contributed by atoms with van der Waals surface area (Å²) in [5, 5.41) is 65.0. The predicted molar refractivity (Wildman–Crippen MR) is 214 cm³/mol. The number of carbonyl (C=O) groups is 1. The molecule has 10 nitrogen and oxygen atoms in total. The molecule has 0 aromatic carbocycles. The molecule has 1 saturated heterocycles. The zero-order chi connectivity index (χ0) is 38.9. The van der Waals surface area contributed by atoms with E-state index in [9.17, 15) is 35.4 Å². The average molecular weight is 760 g/mol. The quantitative estimate of drug-likeness (QED) is 0.0313. The molecule has 8 atom stereocenters. The molecule has 1 aliphatic heterocycles. The molecular formula is C43H85NO9. The Morgan fingerprint density at radius 1 is 0.585 bits per heavy atom. The molecular weight excluding hydrogens is 674 g/mol. The number of rotatable bonds is 37. The van der Waals surface area contributed by atoms with E-state index in [0.717, 1.165) is 44.9 Å². The Hall–Kier alpha value is -0.850. The van der Waals surface area contributed by atoms with Gasteiger partial charge in [0.2, 0.25) is 5.91 Å². The minimum atomic E-state index is -1.60. The molecule has 0 radical (unpaired) electrons. The van der Waals surface area contributed by atoms with Gasteiger partial charge in [-0.15, -0.1) is 0 Å². The van der Waals surface area contributed by atoms with Crippen LogP contribution in [0.4, 0.5) is 0 Å². The van der Waals surface area contributed by atoms with Gasteiger partial charge in [-0.2, -0.15) is 0 Å². The van der Waals surface area contributed by atoms with Crippen LogP contribution in [0.25, 0.3) is 0 Å². The number of hydrogen-bond donors (Lipinski definition) is 7. The second-order valence-corrected chi connectivity index (χ2v) is 16.0. The Labute approximate surface area is 324 Å². The Bertz CT molecular complexity index is 819. The van der Waals surface area contributed by atoms with Crippen molar-refractivity contribution in [3.8, 4) is 0 Å². The maximum atomic E-state index is 13.0. The molecule has 0 aliphatic carbocycles. The van der Waals surface area contributed by atoms with Gasteiger partial charge < -0.3 is 45.4 Å². The monoisotopic (exact) mass is 760 g/mol. The van der Waals surface area contributed by atoms with Crippen molar-refractivity contribution in [1.29, 1.82) is 0 Å². The summed E-state index contributed by atoms with van der Waals surface area (Å²) < 4.78 is 11.1. The second-order valence-electron chi connectivity index (χ2n) is 16.0. The summed E-state index contributed by atoms with van der Waals surface area (Å²) in [5.74, 6) is -0.255. The molecule has 0 aromatic heterocycles. The van der Waals surface area contributed by atoms with Crippen molar-refractivity contribution >= 4 is 5.91 Å². The molecule has 1 fully saturated rings. The van der Waals surface area contributed by atoms with Crippen LogP contribution in [0, 0.1) is 0 Å². The third kappa shape index (κ3) is 25.1. The fraction of sp³-hybridized carbons (Fsp3) is 0.977. The SMILES string of the molecule is CCCCCCCCCCCCCCCCCCCCC(=O)N[C@@H](CO[C@@H]1O[C@H](CO)[C@H](O)C(O)C1O)[C@H](O)[C@H](O)CCCCCCCCCCCC. The zero-order valence-electron chi connectivity index (χ0n) is 34.2. The highest BCUT2D eigenvalue weighted by Crippen LogP contribution is 2.23. The van der Waals surface area contributed by atoms with Crippen molar-refractivity contribution in [2.75, 3.05) is 13.2 Å². The van der Waals surface area contributed by atoms with Gasteiger partial charge in [-0.1, -0.05) is 187 Å². The lowest BCUT2D eigenvalue weighted by atomic mass is 9.98. The Kier molecular flexibility index (Phi) is 32.6. The number of unbranched alkanes of at least 4 members (excludes halogenated alkanes) is 26. The first-order valence-corrected chi connectivity index (χ1v) is 22.3. The maximum Gasteiger partial charge on any atom is 0.220 e. The highest BCUT2D eigenvalue weighted by Gasteiger charge is 2.44. The summed E-state index contributed by atoms with van der Waals surface area (Å²) in [7, 11) is 0. The zero-order valence-corrected chi connectivity index (χ0v) is 34.2. The van der Waals surface area contributed by atoms with Crippen LogP contribution in [-0.2, 0) is 14.3 Å². The Balaban J connectivity index is 2.37. The van der Waals surface area contributed by atoms with Gasteiger partial charge in [-0.05, 0) is 12.8 Å². The van der Waals surface area contributed by atoms with Gasteiger partial charge in [-0.25, -0.2) is 0 Å². The Morgan fingerprint density at radius 3 is 1.40 bits per heavy atom. The summed E-state index contributed by atoms with van der Waals surface area (Å²) >= 11 is 0. The first kappa shape index (κ1) is 50.2. The smallest absolute Gasteiger partial charge is 0.220 e. The van der Waals surface area contributed by atoms with Crippen molar-refractivity contribution in [2.24, 2.45) is 0 Å². The topological polar surface area (TPSA) is 169 Å². The minimum absolute atomic E-state index is 0.255. The van der Waals surface area contributed by atoms with Crippen molar-refractivity contribution in [1.82, 2.24) is 5.32 Å². The van der Waals surface area contributed by atoms with Crippen LogP contribution in [0.15, 0.2) is 0 Å². The highest BCUT2D eigenvalue weighted by atomic mass is 16.7. The van der Waals surface area contributed by atoms with Gasteiger partial charge in [0.1, 0.15) is 30.5 Å². The van der Waals surface area contributed by atoms with E-state index in [-0.39, 0.29) is 18.9 Å². The number of aliphatic hydroxyl groups is 6. The standard InChI is InChI=1S/C43H85NO9/c1-3-5-7-9-11-13-15-16-17-18-19-20-21-22-24-26-28-30-32-38(47)44-35(34-52-43-42(51)41(50)40(49)37(33-45)53-43)39(48)36(46)31-29-27-25-23-14-12-10-8-6-4-2/h35-37,39-43,45-46,48-51H,3-34H2,1-2H3,(H,44,47)/t35-,36+,37+,39-,40-,41?,42?,43+/m0/s1. The number of carbonyl (C=O) groups excluding carboxylic acids is 1. The molecule has 7 N–H and O–H groups in total. The first-order valence-electron chi connectivity index (χ1n) is 22.3. The van der Waals surface area contributed by atoms with E-state index < -0.39 is 55.6 Å². The number of nitrogens with one attached hydrogen (secondary N) is 1. The Morgan fingerprint density at radius 2 is 0.981 bits per heavy atom. The molecule has 0 aromatic rings. The largest absolute Gasteiger partial charge is 0.394 e. The first-order chi connectivity index (χ1) is 25.8. The fourth-order valence-corrected chi connectivity index (χ4v) is 7.38. The molecule has 1 amide bonds. The van der Waals surface area contributed by atoms with E-state index in [0.29, 0.717) is 6.42 Å². The van der Waals surface area contributed by atoms with Crippen molar-refractivity contribution in [3.63, 3.8) is 0 Å². The van der Waals surface area contributed by atoms with Crippen molar-refractivity contribution in [3.05, 3.63) is 0 Å². The van der Waals surface area contributed by atoms with Crippen LogP contribution < -0.4 is 5.32 Å². The highest BCUT2D eigenvalue weighted by molar-refractivity contribution is 5.76. The summed E-state index contributed by atoms with van der Waals surface area (Å²) in [5.41, 5.74) is 0. The fourth-order valence-electron chi connectivity index (χ4n) is 7.38. The van der Waals surface area contributed by atoms with E-state index in [4.69, 9.17) is 9.47 Å². The van der Waals surface area contributed by atoms with Gasteiger partial charge in [-0.3, -0.25) is 4.79 Å². The third-order valence-corrected chi connectivity index (χ3v) is 11.1. The summed E-state index contributed by atoms with van der Waals surface area (Å²) in [6, 6.07) is -0.983. The summed E-state index contributed by atoms with van der Waals surface area (Å²) in [4.78, 5) is 13.0. The predicted octanol–water partition coefficient (Wildman–Crippen LogP) is 7.75. The number of ether oxygens (including phenoxy) is 2. The molecule has 10 heteroatoms. The lowest BCUT2D eigenvalue weighted by Gasteiger charge is -2.40. The second kappa shape index (κ2) is 34.4. The third-order valence-electron chi connectivity index (χ3n) is 11.1. The van der Waals surface area contributed by atoms with E-state index in [2.05, 4.69) is 19.2 Å². The van der Waals surface area contributed by atoms with E-state index in [1.54, 1.807) is 0 Å². The van der Waals surface area contributed by atoms with Crippen LogP contribution in [0.2, 0.25) is 0 Å². The van der Waals surface area contributed by atoms with Gasteiger partial charge in [0.05, 0.1) is 25.4 Å². The molecule has 53 heavy (non-hydrogen) atoms. The number of hydrogen-bond acceptors (Lipinski definition) is 9. The van der Waals surface area contributed by atoms with E-state index in [1.807, 2.05) is 0 Å². The van der Waals surface area contributed by atoms with Crippen LogP contribution in [0.3, 0.4) is 0 Å². The number of amides is 1. The summed E-state index contributed by atoms with van der Waals surface area (Å²) in [6.07, 6.45) is 25.4. The minimum Gasteiger partial charge on any atom is -0.394 e. The average Bonchev–Trinajstić information content (AvgIpc) is 3.16. The molecule has 1 rings (SSSR count). The molecule has 2 unspecified atom stereocenters. The maximum absolute atomic E-state index is 13.0. The van der Waals surface area contributed by atoms with E-state index in [1.165, 1.54) is 135 Å². The van der Waals surface area contributed by atoms with Crippen LogP contribution in [0.5, 0.6) is 0 Å². The molecule has 0 bridgehead atoms. The van der Waals surface area contributed by atoms with Gasteiger partial charge >= 0.3 is 0 Å². The van der Waals surface area contributed by atoms with Gasteiger partial charge in [0, 0.05) is 6.42 Å². The van der Waals surface area contributed by atoms with Crippen molar-refractivity contribution in [2.45, 2.75) is 255 Å². The van der Waals surface area contributed by atoms with E-state index >= 15 is 0 Å². The molecule has 1 aliphatic rings. The number of aliphatic hydroxyl groups excluding tert-OH is 6. The molecule has 316 valence electrons.